The van der Waals surface area contributed by atoms with Crippen LogP contribution < -0.4 is 5.32 Å². The van der Waals surface area contributed by atoms with E-state index in [1.165, 1.54) is 33.8 Å². The van der Waals surface area contributed by atoms with Gasteiger partial charge in [-0.15, -0.1) is 22.7 Å². The van der Waals surface area contributed by atoms with E-state index in [-0.39, 0.29) is 5.91 Å². The summed E-state index contributed by atoms with van der Waals surface area (Å²) in [6, 6.07) is 9.86. The number of carbonyl (C=O) groups excluding carboxylic acids is 1. The molecule has 4 rings (SSSR count). The highest BCUT2D eigenvalue weighted by atomic mass is 35.5. The second-order valence-electron chi connectivity index (χ2n) is 6.80. The molecule has 1 aromatic carbocycles. The lowest BCUT2D eigenvalue weighted by atomic mass is 9.90. The summed E-state index contributed by atoms with van der Waals surface area (Å²) in [5.74, 6) is 0.659. The van der Waals surface area contributed by atoms with Crippen LogP contribution in [0.5, 0.6) is 0 Å². The molecule has 26 heavy (non-hydrogen) atoms. The van der Waals surface area contributed by atoms with Crippen molar-refractivity contribution >= 4 is 45.3 Å². The zero-order valence-corrected chi connectivity index (χ0v) is 16.8. The maximum absolute atomic E-state index is 12.6. The van der Waals surface area contributed by atoms with Gasteiger partial charge in [-0.05, 0) is 54.5 Å². The van der Waals surface area contributed by atoms with Gasteiger partial charge in [0.25, 0.3) is 5.91 Å². The van der Waals surface area contributed by atoms with Gasteiger partial charge in [0.2, 0.25) is 0 Å². The Hall–Kier alpha value is -1.69. The molecule has 2 aromatic heterocycles. The molecule has 0 aliphatic heterocycles. The summed E-state index contributed by atoms with van der Waals surface area (Å²) in [6.45, 7) is 2.28. The van der Waals surface area contributed by atoms with Crippen LogP contribution in [-0.4, -0.2) is 10.9 Å². The Labute approximate surface area is 166 Å². The average Bonchev–Trinajstić information content (AvgIpc) is 3.23. The number of thiazole rings is 1. The predicted octanol–water partition coefficient (Wildman–Crippen LogP) is 5.83. The van der Waals surface area contributed by atoms with Crippen LogP contribution in [0.15, 0.2) is 36.5 Å². The van der Waals surface area contributed by atoms with E-state index in [1.54, 1.807) is 11.3 Å². The van der Waals surface area contributed by atoms with Crippen molar-refractivity contribution in [2.45, 2.75) is 32.6 Å². The van der Waals surface area contributed by atoms with E-state index in [1.807, 2.05) is 30.5 Å². The number of amides is 1. The number of hydrogen-bond acceptors (Lipinski definition) is 4. The molecule has 0 unspecified atom stereocenters. The average molecular weight is 403 g/mol. The van der Waals surface area contributed by atoms with Crippen LogP contribution in [0.4, 0.5) is 5.13 Å². The van der Waals surface area contributed by atoms with E-state index < -0.39 is 0 Å². The normalized spacial score (nSPS) is 16.3. The molecule has 2 heterocycles. The van der Waals surface area contributed by atoms with Gasteiger partial charge in [0.05, 0.1) is 4.88 Å². The van der Waals surface area contributed by atoms with E-state index in [4.69, 9.17) is 11.6 Å². The van der Waals surface area contributed by atoms with E-state index in [0.717, 1.165) is 34.0 Å². The van der Waals surface area contributed by atoms with Gasteiger partial charge < -0.3 is 0 Å². The van der Waals surface area contributed by atoms with Gasteiger partial charge in [-0.25, -0.2) is 4.98 Å². The lowest BCUT2D eigenvalue weighted by Crippen LogP contribution is -2.10. The van der Waals surface area contributed by atoms with Crippen molar-refractivity contribution in [2.24, 2.45) is 5.92 Å². The Morgan fingerprint density at radius 2 is 2.12 bits per heavy atom. The zero-order chi connectivity index (χ0) is 18.1. The molecule has 3 nitrogen and oxygen atoms in total. The molecule has 1 aliphatic rings. The minimum absolute atomic E-state index is 0.0514. The predicted molar refractivity (Wildman–Crippen MR) is 110 cm³/mol. The first-order chi connectivity index (χ1) is 12.6. The van der Waals surface area contributed by atoms with Gasteiger partial charge in [0.15, 0.2) is 5.13 Å². The van der Waals surface area contributed by atoms with Gasteiger partial charge in [-0.1, -0.05) is 30.7 Å². The number of hydrogen-bond donors (Lipinski definition) is 1. The molecule has 1 N–H and O–H groups in total. The van der Waals surface area contributed by atoms with Gasteiger partial charge in [-0.2, -0.15) is 0 Å². The van der Waals surface area contributed by atoms with E-state index in [0.29, 0.717) is 11.0 Å². The van der Waals surface area contributed by atoms with Crippen LogP contribution in [0, 0.1) is 5.92 Å². The van der Waals surface area contributed by atoms with Crippen molar-refractivity contribution in [3.8, 4) is 0 Å². The van der Waals surface area contributed by atoms with Crippen LogP contribution in [0.25, 0.3) is 0 Å². The summed E-state index contributed by atoms with van der Waals surface area (Å²) in [5, 5.41) is 4.34. The third-order valence-corrected chi connectivity index (χ3v) is 7.02. The molecular weight excluding hydrogens is 384 g/mol. The van der Waals surface area contributed by atoms with Crippen molar-refractivity contribution in [3.05, 3.63) is 67.3 Å². The largest absolute Gasteiger partial charge is 0.297 e. The molecule has 6 heteroatoms. The number of benzene rings is 1. The molecule has 1 amide bonds. The van der Waals surface area contributed by atoms with Crippen LogP contribution in [0.2, 0.25) is 5.02 Å². The molecule has 1 atom stereocenters. The summed E-state index contributed by atoms with van der Waals surface area (Å²) < 4.78 is 0. The molecule has 134 valence electrons. The Morgan fingerprint density at radius 3 is 2.92 bits per heavy atom. The second-order valence-corrected chi connectivity index (χ2v) is 9.48. The summed E-state index contributed by atoms with van der Waals surface area (Å²) >= 11 is 9.07. The first kappa shape index (κ1) is 17.7. The third-order valence-electron chi connectivity index (χ3n) is 4.62. The van der Waals surface area contributed by atoms with Crippen molar-refractivity contribution in [3.63, 3.8) is 0 Å². The number of rotatable bonds is 4. The highest BCUT2D eigenvalue weighted by molar-refractivity contribution is 7.16. The minimum atomic E-state index is -0.0514. The number of aryl methyl sites for hydroxylation is 1. The second kappa shape index (κ2) is 7.51. The Bertz CT molecular complexity index is 930. The molecule has 0 saturated heterocycles. The number of thiophene rings is 1. The fourth-order valence-corrected chi connectivity index (χ4v) is 5.30. The summed E-state index contributed by atoms with van der Waals surface area (Å²) in [4.78, 5) is 20.2. The topological polar surface area (TPSA) is 42.0 Å². The lowest BCUT2D eigenvalue weighted by Gasteiger charge is -2.16. The quantitative estimate of drug-likeness (QED) is 0.596. The number of fused-ring (bicyclic) bond motifs is 1. The maximum Gasteiger partial charge on any atom is 0.267 e. The van der Waals surface area contributed by atoms with Gasteiger partial charge in [-0.3, -0.25) is 10.1 Å². The molecule has 0 fully saturated rings. The van der Waals surface area contributed by atoms with Crippen molar-refractivity contribution in [2.75, 3.05) is 5.32 Å². The first-order valence-electron chi connectivity index (χ1n) is 8.69. The number of nitrogens with zero attached hydrogens (tertiary/aromatic N) is 1. The summed E-state index contributed by atoms with van der Waals surface area (Å²) in [5.41, 5.74) is 2.53. The van der Waals surface area contributed by atoms with E-state index in [9.17, 15) is 4.79 Å². The van der Waals surface area contributed by atoms with E-state index in [2.05, 4.69) is 23.3 Å². The van der Waals surface area contributed by atoms with Crippen molar-refractivity contribution < 1.29 is 4.79 Å². The Balaban J connectivity index is 1.42. The van der Waals surface area contributed by atoms with Crippen LogP contribution in [-0.2, 0) is 19.3 Å². The zero-order valence-electron chi connectivity index (χ0n) is 14.4. The monoisotopic (exact) mass is 402 g/mol. The fraction of sp³-hybridized carbons (Fsp3) is 0.300. The maximum atomic E-state index is 12.6. The number of aromatic nitrogens is 1. The smallest absolute Gasteiger partial charge is 0.267 e. The number of nitrogens with one attached hydrogen (secondary N) is 1. The molecule has 0 spiro atoms. The molecule has 1 aliphatic carbocycles. The fourth-order valence-electron chi connectivity index (χ4n) is 3.23. The van der Waals surface area contributed by atoms with Gasteiger partial charge in [0, 0.05) is 27.4 Å². The first-order valence-corrected chi connectivity index (χ1v) is 10.7. The highest BCUT2D eigenvalue weighted by Crippen LogP contribution is 2.32. The lowest BCUT2D eigenvalue weighted by molar-refractivity contribution is 0.103. The molecule has 0 bridgehead atoms. The van der Waals surface area contributed by atoms with Gasteiger partial charge in [0.1, 0.15) is 0 Å². The molecule has 0 saturated carbocycles. The Morgan fingerprint density at radius 1 is 1.31 bits per heavy atom. The van der Waals surface area contributed by atoms with E-state index >= 15 is 0 Å². The molecule has 0 radical (unpaired) electrons. The molecule has 3 aromatic rings. The third kappa shape index (κ3) is 4.00. The standard InChI is InChI=1S/C20H19ClN2OS2/c1-12-2-7-17-14(8-12)10-18(26-17)19(24)23-20-22-11-16(25-20)9-13-3-5-15(21)6-4-13/h3-6,10-12H,2,7-9H2,1H3,(H,22,23,24)/t12-/m1/s1. The van der Waals surface area contributed by atoms with Gasteiger partial charge >= 0.3 is 0 Å². The summed E-state index contributed by atoms with van der Waals surface area (Å²) in [6.07, 6.45) is 6.01. The number of halogens is 1. The molecular formula is C20H19ClN2OS2. The van der Waals surface area contributed by atoms with Crippen LogP contribution in [0.1, 0.15) is 43.9 Å². The van der Waals surface area contributed by atoms with Crippen LogP contribution >= 0.6 is 34.3 Å². The minimum Gasteiger partial charge on any atom is -0.297 e. The SMILES string of the molecule is C[C@@H]1CCc2sc(C(=O)Nc3ncc(Cc4ccc(Cl)cc4)s3)cc2C1. The van der Waals surface area contributed by atoms with Crippen LogP contribution in [0.3, 0.4) is 0 Å². The summed E-state index contributed by atoms with van der Waals surface area (Å²) in [7, 11) is 0. The number of anilines is 1. The highest BCUT2D eigenvalue weighted by Gasteiger charge is 2.21. The number of carbonyl (C=O) groups is 1. The van der Waals surface area contributed by atoms with Crippen molar-refractivity contribution in [1.29, 1.82) is 0 Å². The van der Waals surface area contributed by atoms with Crippen molar-refractivity contribution in [1.82, 2.24) is 4.98 Å². The Kier molecular flexibility index (Phi) is 5.11.